The van der Waals surface area contributed by atoms with Crippen molar-refractivity contribution in [3.8, 4) is 6.07 Å². The van der Waals surface area contributed by atoms with Gasteiger partial charge in [-0.3, -0.25) is 4.79 Å². The Balaban J connectivity index is 2.69. The van der Waals surface area contributed by atoms with Gasteiger partial charge in [-0.25, -0.2) is 4.98 Å². The van der Waals surface area contributed by atoms with Crippen molar-refractivity contribution in [3.05, 3.63) is 24.0 Å². The summed E-state index contributed by atoms with van der Waals surface area (Å²) in [6.45, 7) is 5.00. The van der Waals surface area contributed by atoms with Crippen LogP contribution in [0.25, 0.3) is 0 Å². The van der Waals surface area contributed by atoms with Crippen molar-refractivity contribution >= 4 is 11.6 Å². The topological polar surface area (TPSA) is 69.0 Å². The number of nitrogens with one attached hydrogen (secondary N) is 1. The second kappa shape index (κ2) is 6.60. The van der Waals surface area contributed by atoms with E-state index in [4.69, 9.17) is 5.26 Å². The van der Waals surface area contributed by atoms with Crippen molar-refractivity contribution < 1.29 is 4.79 Å². The Morgan fingerprint density at radius 1 is 1.61 bits per heavy atom. The smallest absolute Gasteiger partial charge is 0.272 e. The Morgan fingerprint density at radius 2 is 2.33 bits per heavy atom. The molecule has 0 aliphatic heterocycles. The largest absolute Gasteiger partial charge is 0.384 e. The zero-order chi connectivity index (χ0) is 13.5. The quantitative estimate of drug-likeness (QED) is 0.859. The van der Waals surface area contributed by atoms with Gasteiger partial charge in [-0.15, -0.1) is 0 Å². The minimum Gasteiger partial charge on any atom is -0.384 e. The van der Waals surface area contributed by atoms with Gasteiger partial charge in [0.15, 0.2) is 0 Å². The first-order valence-electron chi connectivity index (χ1n) is 5.93. The molecular weight excluding hydrogens is 228 g/mol. The van der Waals surface area contributed by atoms with Crippen LogP contribution in [0.2, 0.25) is 0 Å². The summed E-state index contributed by atoms with van der Waals surface area (Å²) in [6.07, 6.45) is 1.64. The van der Waals surface area contributed by atoms with Gasteiger partial charge in [-0.1, -0.05) is 0 Å². The Kier molecular flexibility index (Phi) is 5.12. The third kappa shape index (κ3) is 3.74. The van der Waals surface area contributed by atoms with Crippen LogP contribution < -0.4 is 5.32 Å². The summed E-state index contributed by atoms with van der Waals surface area (Å²) in [5.41, 5.74) is 1.28. The lowest BCUT2D eigenvalue weighted by atomic mass is 10.2. The van der Waals surface area contributed by atoms with E-state index in [0.717, 1.165) is 12.2 Å². The molecule has 1 aromatic heterocycles. The highest BCUT2D eigenvalue weighted by Crippen LogP contribution is 2.08. The summed E-state index contributed by atoms with van der Waals surface area (Å²) < 4.78 is 0. The number of anilines is 1. The molecule has 0 aromatic carbocycles. The van der Waals surface area contributed by atoms with Crippen LogP contribution in [0.5, 0.6) is 0 Å². The molecule has 1 aromatic rings. The van der Waals surface area contributed by atoms with Crippen LogP contribution in [-0.4, -0.2) is 35.9 Å². The summed E-state index contributed by atoms with van der Waals surface area (Å²) in [5, 5.41) is 11.8. The van der Waals surface area contributed by atoms with Crippen LogP contribution in [0, 0.1) is 17.2 Å². The number of rotatable bonds is 5. The second-order valence-electron chi connectivity index (χ2n) is 4.18. The zero-order valence-corrected chi connectivity index (χ0v) is 11.0. The second-order valence-corrected chi connectivity index (χ2v) is 4.18. The Labute approximate surface area is 107 Å². The van der Waals surface area contributed by atoms with Gasteiger partial charge in [-0.2, -0.15) is 5.26 Å². The molecule has 0 saturated carbocycles. The number of hydrogen-bond donors (Lipinski definition) is 1. The Hall–Kier alpha value is -2.09. The van der Waals surface area contributed by atoms with E-state index in [1.165, 1.54) is 4.90 Å². The first-order valence-corrected chi connectivity index (χ1v) is 5.93. The van der Waals surface area contributed by atoms with Gasteiger partial charge >= 0.3 is 0 Å². The molecule has 5 heteroatoms. The average molecular weight is 246 g/mol. The van der Waals surface area contributed by atoms with E-state index in [1.807, 2.05) is 13.0 Å². The highest BCUT2D eigenvalue weighted by Gasteiger charge is 2.15. The van der Waals surface area contributed by atoms with Crippen molar-refractivity contribution in [3.63, 3.8) is 0 Å². The van der Waals surface area contributed by atoms with E-state index in [1.54, 1.807) is 26.2 Å². The molecule has 0 radical (unpaired) electrons. The molecule has 1 heterocycles. The summed E-state index contributed by atoms with van der Waals surface area (Å²) in [4.78, 5) is 17.6. The molecule has 0 bridgehead atoms. The molecule has 0 aliphatic rings. The van der Waals surface area contributed by atoms with E-state index >= 15 is 0 Å². The molecule has 1 amide bonds. The van der Waals surface area contributed by atoms with Crippen LogP contribution >= 0.6 is 0 Å². The lowest BCUT2D eigenvalue weighted by Crippen LogP contribution is -2.31. The summed E-state index contributed by atoms with van der Waals surface area (Å²) in [5.74, 6) is -0.347. The Bertz CT molecular complexity index is 435. The molecule has 96 valence electrons. The fourth-order valence-electron chi connectivity index (χ4n) is 1.56. The highest BCUT2D eigenvalue weighted by atomic mass is 16.2. The normalized spacial score (nSPS) is 11.4. The van der Waals surface area contributed by atoms with Gasteiger partial charge in [0.1, 0.15) is 5.69 Å². The van der Waals surface area contributed by atoms with Crippen molar-refractivity contribution in [2.75, 3.05) is 25.5 Å². The predicted molar refractivity (Wildman–Crippen MR) is 70.1 cm³/mol. The summed E-state index contributed by atoms with van der Waals surface area (Å²) >= 11 is 0. The molecule has 0 spiro atoms. The first-order chi connectivity index (χ1) is 8.58. The maximum Gasteiger partial charge on any atom is 0.272 e. The minimum atomic E-state index is -0.181. The standard InChI is InChI=1S/C13H18N4O/c1-4-15-11-5-6-12(16-8-11)13(18)17(3)9-10(2)7-14/h5-6,8,10,15H,4,9H2,1-3H3. The lowest BCUT2D eigenvalue weighted by molar-refractivity contribution is 0.0779. The minimum absolute atomic E-state index is 0.167. The van der Waals surface area contributed by atoms with E-state index < -0.39 is 0 Å². The van der Waals surface area contributed by atoms with Gasteiger partial charge in [0, 0.05) is 20.1 Å². The van der Waals surface area contributed by atoms with Gasteiger partial charge in [0.2, 0.25) is 0 Å². The highest BCUT2D eigenvalue weighted by molar-refractivity contribution is 5.92. The van der Waals surface area contributed by atoms with Crippen LogP contribution in [0.3, 0.4) is 0 Å². The number of aromatic nitrogens is 1. The predicted octanol–water partition coefficient (Wildman–Crippen LogP) is 1.75. The molecule has 1 unspecified atom stereocenters. The number of nitrogens with zero attached hydrogens (tertiary/aromatic N) is 3. The number of hydrogen-bond acceptors (Lipinski definition) is 4. The third-order valence-electron chi connectivity index (χ3n) is 2.48. The van der Waals surface area contributed by atoms with Gasteiger partial charge < -0.3 is 10.2 Å². The number of carbonyl (C=O) groups excluding carboxylic acids is 1. The molecule has 0 aliphatic carbocycles. The number of pyridine rings is 1. The van der Waals surface area contributed by atoms with Crippen LogP contribution in [0.15, 0.2) is 18.3 Å². The van der Waals surface area contributed by atoms with Crippen LogP contribution in [0.4, 0.5) is 5.69 Å². The summed E-state index contributed by atoms with van der Waals surface area (Å²) in [6, 6.07) is 5.62. The molecule has 1 rings (SSSR count). The number of carbonyl (C=O) groups is 1. The third-order valence-corrected chi connectivity index (χ3v) is 2.48. The fourth-order valence-corrected chi connectivity index (χ4v) is 1.56. The lowest BCUT2D eigenvalue weighted by Gasteiger charge is -2.17. The maximum atomic E-state index is 12.0. The van der Waals surface area contributed by atoms with Gasteiger partial charge in [0.05, 0.1) is 23.9 Å². The molecule has 5 nitrogen and oxygen atoms in total. The molecular formula is C13H18N4O. The van der Waals surface area contributed by atoms with E-state index in [9.17, 15) is 4.79 Å². The van der Waals surface area contributed by atoms with Crippen molar-refractivity contribution in [1.82, 2.24) is 9.88 Å². The Morgan fingerprint density at radius 3 is 2.83 bits per heavy atom. The monoisotopic (exact) mass is 246 g/mol. The summed E-state index contributed by atoms with van der Waals surface area (Å²) in [7, 11) is 1.68. The fraction of sp³-hybridized carbons (Fsp3) is 0.462. The maximum absolute atomic E-state index is 12.0. The number of nitriles is 1. The average Bonchev–Trinajstić information content (AvgIpc) is 2.39. The van der Waals surface area contributed by atoms with Gasteiger partial charge in [-0.05, 0) is 26.0 Å². The van der Waals surface area contributed by atoms with Crippen molar-refractivity contribution in [2.24, 2.45) is 5.92 Å². The van der Waals surface area contributed by atoms with Crippen LogP contribution in [0.1, 0.15) is 24.3 Å². The van der Waals surface area contributed by atoms with E-state index in [-0.39, 0.29) is 11.8 Å². The van der Waals surface area contributed by atoms with Crippen molar-refractivity contribution in [1.29, 1.82) is 5.26 Å². The number of amides is 1. The molecule has 18 heavy (non-hydrogen) atoms. The van der Waals surface area contributed by atoms with E-state index in [2.05, 4.69) is 16.4 Å². The van der Waals surface area contributed by atoms with Crippen LogP contribution in [-0.2, 0) is 0 Å². The zero-order valence-electron chi connectivity index (χ0n) is 11.0. The SMILES string of the molecule is CCNc1ccc(C(=O)N(C)CC(C)C#N)nc1. The molecule has 1 atom stereocenters. The van der Waals surface area contributed by atoms with E-state index in [0.29, 0.717) is 12.2 Å². The molecule has 0 fully saturated rings. The van der Waals surface area contributed by atoms with Crippen molar-refractivity contribution in [2.45, 2.75) is 13.8 Å². The molecule has 1 N–H and O–H groups in total. The first kappa shape index (κ1) is 14.0. The van der Waals surface area contributed by atoms with Gasteiger partial charge in [0.25, 0.3) is 5.91 Å². The molecule has 0 saturated heterocycles.